The molecular weight excluding hydrogens is 436 g/mol. The van der Waals surface area contributed by atoms with Gasteiger partial charge in [-0.15, -0.1) is 0 Å². The first-order valence-electron chi connectivity index (χ1n) is 10.6. The van der Waals surface area contributed by atoms with Gasteiger partial charge in [-0.25, -0.2) is 0 Å². The second kappa shape index (κ2) is 8.65. The van der Waals surface area contributed by atoms with Crippen molar-refractivity contribution in [3.05, 3.63) is 59.7 Å². The van der Waals surface area contributed by atoms with Gasteiger partial charge in [-0.1, -0.05) is 35.4 Å². The molecule has 2 aliphatic rings. The molecule has 2 unspecified atom stereocenters. The Morgan fingerprint density at radius 3 is 1.32 bits per heavy atom. The summed E-state index contributed by atoms with van der Waals surface area (Å²) in [5.74, 6) is 1.04. The van der Waals surface area contributed by atoms with E-state index in [9.17, 15) is 16.8 Å². The van der Waals surface area contributed by atoms with E-state index in [-0.39, 0.29) is 34.8 Å². The fourth-order valence-corrected chi connectivity index (χ4v) is 6.74. The highest BCUT2D eigenvalue weighted by Crippen LogP contribution is 2.52. The molecule has 2 fully saturated rings. The molecule has 2 aromatic rings. The molecule has 0 amide bonds. The molecule has 4 atom stereocenters. The topological polar surface area (TPSA) is 86.7 Å². The molecule has 31 heavy (non-hydrogen) atoms. The number of benzene rings is 2. The lowest BCUT2D eigenvalue weighted by atomic mass is 9.83. The zero-order valence-electron chi connectivity index (χ0n) is 17.7. The smallest absolute Gasteiger partial charge is 0.266 e. The van der Waals surface area contributed by atoms with E-state index in [0.29, 0.717) is 11.8 Å². The van der Waals surface area contributed by atoms with Crippen molar-refractivity contribution in [2.24, 2.45) is 23.7 Å². The quantitative estimate of drug-likeness (QED) is 0.547. The van der Waals surface area contributed by atoms with Gasteiger partial charge < -0.3 is 0 Å². The van der Waals surface area contributed by atoms with Crippen molar-refractivity contribution >= 4 is 20.2 Å². The second-order valence-electron chi connectivity index (χ2n) is 8.85. The van der Waals surface area contributed by atoms with Crippen molar-refractivity contribution in [2.75, 3.05) is 13.2 Å². The van der Waals surface area contributed by atoms with Crippen LogP contribution in [0.25, 0.3) is 0 Å². The monoisotopic (exact) mass is 464 g/mol. The Bertz CT molecular complexity index is 1030. The lowest BCUT2D eigenvalue weighted by Crippen LogP contribution is -2.26. The maximum absolute atomic E-state index is 12.4. The van der Waals surface area contributed by atoms with E-state index >= 15 is 0 Å². The highest BCUT2D eigenvalue weighted by molar-refractivity contribution is 7.87. The second-order valence-corrected chi connectivity index (χ2v) is 12.1. The summed E-state index contributed by atoms with van der Waals surface area (Å²) in [6.07, 6.45) is 2.65. The minimum atomic E-state index is -3.76. The SMILES string of the molecule is Cc1ccc(S(=O)(=O)OC[C@H]2CC3CC2C[C@@H]3COS(=O)(=O)c2ccc(C)cc2)cc1. The minimum Gasteiger partial charge on any atom is -0.266 e. The molecule has 2 aromatic carbocycles. The zero-order valence-corrected chi connectivity index (χ0v) is 19.4. The molecule has 2 saturated carbocycles. The average molecular weight is 465 g/mol. The van der Waals surface area contributed by atoms with Crippen LogP contribution in [-0.2, 0) is 28.6 Å². The largest absolute Gasteiger partial charge is 0.296 e. The molecule has 2 bridgehead atoms. The fourth-order valence-electron chi connectivity index (χ4n) is 4.82. The van der Waals surface area contributed by atoms with Crippen molar-refractivity contribution < 1.29 is 25.2 Å². The zero-order chi connectivity index (χ0) is 22.2. The molecule has 8 heteroatoms. The van der Waals surface area contributed by atoms with E-state index in [2.05, 4.69) is 0 Å². The van der Waals surface area contributed by atoms with E-state index in [1.54, 1.807) is 48.5 Å². The number of aryl methyl sites for hydroxylation is 2. The van der Waals surface area contributed by atoms with Gasteiger partial charge in [0.1, 0.15) is 0 Å². The maximum Gasteiger partial charge on any atom is 0.296 e. The molecule has 0 aromatic heterocycles. The summed E-state index contributed by atoms with van der Waals surface area (Å²) < 4.78 is 60.4. The van der Waals surface area contributed by atoms with Crippen molar-refractivity contribution in [1.82, 2.24) is 0 Å². The highest BCUT2D eigenvalue weighted by Gasteiger charge is 2.46. The summed E-state index contributed by atoms with van der Waals surface area (Å²) in [5.41, 5.74) is 1.98. The number of hydrogen-bond acceptors (Lipinski definition) is 6. The molecule has 168 valence electrons. The molecule has 0 aliphatic heterocycles. The lowest BCUT2D eigenvalue weighted by molar-refractivity contribution is 0.143. The molecule has 2 aliphatic carbocycles. The van der Waals surface area contributed by atoms with Crippen LogP contribution in [0.3, 0.4) is 0 Å². The van der Waals surface area contributed by atoms with Crippen LogP contribution in [0.5, 0.6) is 0 Å². The molecule has 4 rings (SSSR count). The number of fused-ring (bicyclic) bond motifs is 2. The normalized spacial score (nSPS) is 25.7. The number of rotatable bonds is 8. The molecular formula is C23H28O6S2. The van der Waals surface area contributed by atoms with Gasteiger partial charge in [0.05, 0.1) is 23.0 Å². The first-order chi connectivity index (χ1) is 14.6. The molecule has 0 radical (unpaired) electrons. The third-order valence-electron chi connectivity index (χ3n) is 6.64. The lowest BCUT2D eigenvalue weighted by Gasteiger charge is -2.27. The first-order valence-corrected chi connectivity index (χ1v) is 13.4. The third kappa shape index (κ3) is 5.03. The summed E-state index contributed by atoms with van der Waals surface area (Å²) in [7, 11) is -7.52. The van der Waals surface area contributed by atoms with Crippen LogP contribution in [-0.4, -0.2) is 30.0 Å². The summed E-state index contributed by atoms with van der Waals surface area (Å²) in [6, 6.07) is 13.3. The minimum absolute atomic E-state index is 0.173. The van der Waals surface area contributed by atoms with E-state index < -0.39 is 20.2 Å². The Hall–Kier alpha value is -1.74. The van der Waals surface area contributed by atoms with E-state index in [1.165, 1.54) is 0 Å². The van der Waals surface area contributed by atoms with E-state index in [1.807, 2.05) is 13.8 Å². The van der Waals surface area contributed by atoms with Gasteiger partial charge in [-0.3, -0.25) is 8.37 Å². The molecule has 6 nitrogen and oxygen atoms in total. The van der Waals surface area contributed by atoms with Crippen LogP contribution in [0.2, 0.25) is 0 Å². The van der Waals surface area contributed by atoms with Crippen LogP contribution in [0.15, 0.2) is 58.3 Å². The van der Waals surface area contributed by atoms with Gasteiger partial charge in [0.2, 0.25) is 0 Å². The first kappa shape index (κ1) is 22.5. The van der Waals surface area contributed by atoms with Gasteiger partial charge in [0.25, 0.3) is 20.2 Å². The van der Waals surface area contributed by atoms with Crippen molar-refractivity contribution in [2.45, 2.75) is 42.9 Å². The van der Waals surface area contributed by atoms with Crippen LogP contribution >= 0.6 is 0 Å². The summed E-state index contributed by atoms with van der Waals surface area (Å²) in [4.78, 5) is 0.350. The Kier molecular flexibility index (Phi) is 6.27. The van der Waals surface area contributed by atoms with Gasteiger partial charge in [-0.2, -0.15) is 16.8 Å². The Balaban J connectivity index is 1.29. The Morgan fingerprint density at radius 2 is 1.00 bits per heavy atom. The third-order valence-corrected chi connectivity index (χ3v) is 9.24. The van der Waals surface area contributed by atoms with E-state index in [0.717, 1.165) is 30.4 Å². The van der Waals surface area contributed by atoms with Gasteiger partial charge in [-0.05, 0) is 81.0 Å². The van der Waals surface area contributed by atoms with Gasteiger partial charge in [0.15, 0.2) is 0 Å². The summed E-state index contributed by atoms with van der Waals surface area (Å²) in [5, 5.41) is 0. The molecule has 0 N–H and O–H groups in total. The number of hydrogen-bond donors (Lipinski definition) is 0. The van der Waals surface area contributed by atoms with Gasteiger partial charge in [0, 0.05) is 0 Å². The molecule has 0 spiro atoms. The summed E-state index contributed by atoms with van der Waals surface area (Å²) >= 11 is 0. The fraction of sp³-hybridized carbons (Fsp3) is 0.478. The molecule has 0 saturated heterocycles. The standard InChI is InChI=1S/C23H28O6S2/c1-16-3-7-22(8-4-16)30(24,25)28-14-20-12-19-11-18(20)13-21(19)15-29-31(26,27)23-9-5-17(2)6-10-23/h3-10,18-21H,11-15H2,1-2H3/t18?,19?,20-,21-/m1/s1. The summed E-state index contributed by atoms with van der Waals surface area (Å²) in [6.45, 7) is 4.15. The van der Waals surface area contributed by atoms with Crippen molar-refractivity contribution in [3.63, 3.8) is 0 Å². The average Bonchev–Trinajstić information content (AvgIpc) is 3.32. The van der Waals surface area contributed by atoms with Crippen LogP contribution in [0, 0.1) is 37.5 Å². The van der Waals surface area contributed by atoms with Crippen LogP contribution in [0.1, 0.15) is 30.4 Å². The highest BCUT2D eigenvalue weighted by atomic mass is 32.2. The Morgan fingerprint density at radius 1 is 0.645 bits per heavy atom. The van der Waals surface area contributed by atoms with Crippen molar-refractivity contribution in [1.29, 1.82) is 0 Å². The predicted molar refractivity (Wildman–Crippen MR) is 116 cm³/mol. The van der Waals surface area contributed by atoms with Crippen LogP contribution < -0.4 is 0 Å². The molecule has 0 heterocycles. The predicted octanol–water partition coefficient (Wildman–Crippen LogP) is 4.08. The maximum atomic E-state index is 12.4. The van der Waals surface area contributed by atoms with Crippen LogP contribution in [0.4, 0.5) is 0 Å². The van der Waals surface area contributed by atoms with Crippen molar-refractivity contribution in [3.8, 4) is 0 Å². The van der Waals surface area contributed by atoms with E-state index in [4.69, 9.17) is 8.37 Å². The van der Waals surface area contributed by atoms with Gasteiger partial charge >= 0.3 is 0 Å². The Labute approximate surface area is 184 Å².